The molecular weight excluding hydrogens is 816 g/mol. The first kappa shape index (κ1) is 42.2. The van der Waals surface area contributed by atoms with Crippen LogP contribution in [0.1, 0.15) is 86.5 Å². The molecule has 3 aliphatic rings. The van der Waals surface area contributed by atoms with Gasteiger partial charge >= 0.3 is 12.1 Å². The summed E-state index contributed by atoms with van der Waals surface area (Å²) in [4.78, 5) is 65.6. The molecule has 2 saturated carbocycles. The second kappa shape index (κ2) is 17.2. The number of nitrogens with one attached hydrogen (secondary N) is 3. The molecule has 57 heavy (non-hydrogen) atoms. The van der Waals surface area contributed by atoms with E-state index in [0.29, 0.717) is 44.9 Å². The van der Waals surface area contributed by atoms with Crippen LogP contribution in [-0.4, -0.2) is 92.9 Å². The van der Waals surface area contributed by atoms with Gasteiger partial charge in [-0.1, -0.05) is 33.8 Å². The number of halogens is 1. The van der Waals surface area contributed by atoms with Crippen molar-refractivity contribution in [1.29, 1.82) is 0 Å². The first-order valence-corrected chi connectivity index (χ1v) is 21.3. The molecule has 3 fully saturated rings. The number of anilines is 1. The number of carboxylic acids is 1. The van der Waals surface area contributed by atoms with Gasteiger partial charge in [0.1, 0.15) is 47.0 Å². The molecule has 0 radical (unpaired) electrons. The highest BCUT2D eigenvalue weighted by Crippen LogP contribution is 2.45. The molecule has 0 unspecified atom stereocenters. The fourth-order valence-corrected chi connectivity index (χ4v) is 8.86. The number of alkyl carbamates (subject to hydrolysis) is 1. The number of rotatable bonds is 15. The van der Waals surface area contributed by atoms with E-state index in [1.807, 2.05) is 59.1 Å². The predicted molar refractivity (Wildman–Crippen MR) is 222 cm³/mol. The van der Waals surface area contributed by atoms with Crippen LogP contribution in [0.4, 0.5) is 9.93 Å². The fourth-order valence-electron chi connectivity index (χ4n) is 7.46. The number of benzene rings is 1. The predicted octanol–water partition coefficient (Wildman–Crippen LogP) is 7.31. The maximum absolute atomic E-state index is 14.7. The molecule has 16 heteroatoms. The van der Waals surface area contributed by atoms with Crippen molar-refractivity contribution in [3.63, 3.8) is 0 Å². The van der Waals surface area contributed by atoms with Crippen LogP contribution in [0.3, 0.4) is 0 Å². The summed E-state index contributed by atoms with van der Waals surface area (Å²) < 4.78 is 19.1. The summed E-state index contributed by atoms with van der Waals surface area (Å²) in [5.41, 5.74) is -0.547. The number of nitrogens with zero attached hydrogens (tertiary/aromatic N) is 3. The van der Waals surface area contributed by atoms with E-state index in [4.69, 9.17) is 24.2 Å². The molecule has 4 N–H and O–H groups in total. The summed E-state index contributed by atoms with van der Waals surface area (Å²) in [7, 11) is 0. The van der Waals surface area contributed by atoms with Crippen molar-refractivity contribution in [3.8, 4) is 22.9 Å². The van der Waals surface area contributed by atoms with Crippen molar-refractivity contribution >= 4 is 67.2 Å². The number of aromatic nitrogens is 2. The quantitative estimate of drug-likeness (QED) is 0.113. The van der Waals surface area contributed by atoms with Gasteiger partial charge in [-0.25, -0.2) is 19.6 Å². The first-order valence-electron chi connectivity index (χ1n) is 19.6. The number of hydrogen-bond acceptors (Lipinski definition) is 11. The highest BCUT2D eigenvalue weighted by atomic mass is 79.9. The third kappa shape index (κ3) is 9.32. The molecule has 3 amide bonds. The molecule has 1 aliphatic heterocycles. The summed E-state index contributed by atoms with van der Waals surface area (Å²) in [6.45, 7) is 15.8. The highest BCUT2D eigenvalue weighted by Gasteiger charge is 2.61. The number of fused-ring (bicyclic) bond motifs is 1. The molecule has 5 atom stereocenters. The Morgan fingerprint density at radius 1 is 1.12 bits per heavy atom. The molecule has 14 nitrogen and oxygen atoms in total. The van der Waals surface area contributed by atoms with E-state index < -0.39 is 58.9 Å². The van der Waals surface area contributed by atoms with Gasteiger partial charge in [0.05, 0.1) is 28.8 Å². The zero-order valence-electron chi connectivity index (χ0n) is 33.4. The van der Waals surface area contributed by atoms with Gasteiger partial charge in [-0.3, -0.25) is 9.59 Å². The number of ether oxygens (including phenoxy) is 3. The number of carbonyl (C=O) groups excluding carboxylic acids is 3. The lowest BCUT2D eigenvalue weighted by Gasteiger charge is -2.35. The standard InChI is InChI=1S/C41H53BrN6O8S/c1-8-16-54-30-15-14-26-31(18-27(44-33(26)32(30)42)28-21-57-38(45-28)43-22(3)4)55-25-17-29(35(49)47-41(37(51)52)19-23(41)9-2)48(20-25)36(50)34(40(5,6)7)46-39(53)56-24-12-10-11-13-24/h9,14-15,18,21-25,29,34H,2,8,10-13,16-17,19-20H2,1,3-7H3,(H,43,45)(H,46,53)(H,47,49)(H,51,52)/t23-,25-,29+,34-,41-/m1/s1. The van der Waals surface area contributed by atoms with Gasteiger partial charge in [0.25, 0.3) is 0 Å². The van der Waals surface area contributed by atoms with Crippen LogP contribution >= 0.6 is 27.3 Å². The fraction of sp³-hybridized carbons (Fsp3) is 0.561. The maximum atomic E-state index is 14.7. The summed E-state index contributed by atoms with van der Waals surface area (Å²) in [6.07, 6.45) is 4.40. The normalized spacial score (nSPS) is 22.6. The number of aliphatic carboxylic acids is 1. The van der Waals surface area contributed by atoms with E-state index in [1.54, 1.807) is 6.07 Å². The first-order chi connectivity index (χ1) is 27.0. The van der Waals surface area contributed by atoms with Crippen LogP contribution in [0.25, 0.3) is 22.3 Å². The topological polar surface area (TPSA) is 181 Å². The molecule has 0 bridgehead atoms. The van der Waals surface area contributed by atoms with Gasteiger partial charge in [-0.15, -0.1) is 17.9 Å². The van der Waals surface area contributed by atoms with E-state index in [2.05, 4.69) is 38.5 Å². The number of thiazole rings is 1. The van der Waals surface area contributed by atoms with E-state index in [9.17, 15) is 24.3 Å². The Hall–Kier alpha value is -4.44. The summed E-state index contributed by atoms with van der Waals surface area (Å²) >= 11 is 5.18. The van der Waals surface area contributed by atoms with Crippen molar-refractivity contribution in [1.82, 2.24) is 25.5 Å². The van der Waals surface area contributed by atoms with Gasteiger partial charge < -0.3 is 40.2 Å². The smallest absolute Gasteiger partial charge is 0.408 e. The number of carbonyl (C=O) groups is 4. The minimum absolute atomic E-state index is 0.0228. The molecule has 2 aromatic heterocycles. The molecule has 6 rings (SSSR count). The van der Waals surface area contributed by atoms with Crippen molar-refractivity contribution < 1.29 is 38.5 Å². The van der Waals surface area contributed by atoms with Gasteiger partial charge in [0.2, 0.25) is 11.8 Å². The van der Waals surface area contributed by atoms with Gasteiger partial charge in [0.15, 0.2) is 5.13 Å². The Morgan fingerprint density at radius 3 is 2.49 bits per heavy atom. The third-order valence-electron chi connectivity index (χ3n) is 10.6. The molecule has 1 aromatic carbocycles. The minimum atomic E-state index is -1.52. The average molecular weight is 870 g/mol. The van der Waals surface area contributed by atoms with Crippen LogP contribution in [0.15, 0.2) is 40.7 Å². The van der Waals surface area contributed by atoms with Crippen LogP contribution in [-0.2, 0) is 19.1 Å². The Kier molecular flexibility index (Phi) is 12.7. The second-order valence-electron chi connectivity index (χ2n) is 16.5. The van der Waals surface area contributed by atoms with Crippen LogP contribution in [0, 0.1) is 11.3 Å². The average Bonchev–Trinajstić information content (AvgIpc) is 3.56. The van der Waals surface area contributed by atoms with Crippen LogP contribution in [0.2, 0.25) is 0 Å². The summed E-state index contributed by atoms with van der Waals surface area (Å²) in [5, 5.41) is 22.3. The molecule has 0 spiro atoms. The maximum Gasteiger partial charge on any atom is 0.408 e. The number of likely N-dealkylation sites (tertiary alicyclic amines) is 1. The van der Waals surface area contributed by atoms with Crippen molar-refractivity contribution in [2.75, 3.05) is 18.5 Å². The number of pyridine rings is 1. The van der Waals surface area contributed by atoms with Crippen molar-refractivity contribution in [2.24, 2.45) is 11.3 Å². The van der Waals surface area contributed by atoms with Gasteiger partial charge in [-0.2, -0.15) is 0 Å². The number of hydrogen-bond donors (Lipinski definition) is 4. The molecule has 1 saturated heterocycles. The Bertz CT molecular complexity index is 2010. The van der Waals surface area contributed by atoms with Gasteiger partial charge in [0, 0.05) is 35.2 Å². The molecular formula is C41H53BrN6O8S. The lowest BCUT2D eigenvalue weighted by molar-refractivity contribution is -0.146. The Morgan fingerprint density at radius 2 is 1.86 bits per heavy atom. The lowest BCUT2D eigenvalue weighted by atomic mass is 9.85. The summed E-state index contributed by atoms with van der Waals surface area (Å²) in [5.74, 6) is -1.71. The van der Waals surface area contributed by atoms with Crippen molar-refractivity contribution in [2.45, 2.75) is 122 Å². The van der Waals surface area contributed by atoms with Gasteiger partial charge in [-0.05, 0) is 85.9 Å². The molecule has 3 heterocycles. The monoisotopic (exact) mass is 868 g/mol. The largest absolute Gasteiger partial charge is 0.492 e. The van der Waals surface area contributed by atoms with Crippen molar-refractivity contribution in [3.05, 3.63) is 40.7 Å². The SMILES string of the molecule is C=C[C@@H]1C[C@]1(NC(=O)[C@@H]1C[C@@H](Oc2cc(-c3csc(NC(C)C)n3)nc3c(Br)c(OCCC)ccc23)CN1C(=O)[C@@H](NC(=O)OC1CCCC1)C(C)(C)C)C(=O)O. The Labute approximate surface area is 345 Å². The number of carboxylic acid groups (broad SMARTS) is 1. The van der Waals surface area contributed by atoms with Crippen LogP contribution < -0.4 is 25.4 Å². The Balaban J connectivity index is 1.35. The van der Waals surface area contributed by atoms with E-state index in [1.165, 1.54) is 22.3 Å². The number of amides is 3. The highest BCUT2D eigenvalue weighted by molar-refractivity contribution is 9.10. The zero-order chi connectivity index (χ0) is 41.2. The van der Waals surface area contributed by atoms with E-state index >= 15 is 0 Å². The molecule has 2 aliphatic carbocycles. The second-order valence-corrected chi connectivity index (χ2v) is 18.2. The summed E-state index contributed by atoms with van der Waals surface area (Å²) in [6, 6.07) is 3.49. The molecule has 308 valence electrons. The minimum Gasteiger partial charge on any atom is -0.492 e. The molecule has 3 aromatic rings. The third-order valence-corrected chi connectivity index (χ3v) is 12.1. The van der Waals surface area contributed by atoms with E-state index in [-0.39, 0.29) is 31.5 Å². The van der Waals surface area contributed by atoms with E-state index in [0.717, 1.165) is 37.2 Å². The lowest BCUT2D eigenvalue weighted by Crippen LogP contribution is -2.59. The van der Waals surface area contributed by atoms with Crippen LogP contribution in [0.5, 0.6) is 11.5 Å². The zero-order valence-corrected chi connectivity index (χ0v) is 35.8.